The minimum absolute atomic E-state index is 0.565. The molecule has 1 aromatic heterocycles. The Morgan fingerprint density at radius 1 is 0.806 bits per heavy atom. The Kier molecular flexibility index (Phi) is 5.76. The molecule has 5 nitrogen and oxygen atoms in total. The Hall–Kier alpha value is -3.44. The van der Waals surface area contributed by atoms with E-state index < -0.39 is 0 Å². The number of hydrogen-bond donors (Lipinski definition) is 1. The first-order valence-electron chi connectivity index (χ1n) is 10.8. The summed E-state index contributed by atoms with van der Waals surface area (Å²) >= 11 is 0. The maximum atomic E-state index is 6.06. The highest BCUT2D eigenvalue weighted by Gasteiger charge is 2.14. The van der Waals surface area contributed by atoms with Gasteiger partial charge in [-0.05, 0) is 67.2 Å². The molecule has 1 fully saturated rings. The molecule has 31 heavy (non-hydrogen) atoms. The number of fused-ring (bicyclic) bond motifs is 1. The van der Waals surface area contributed by atoms with Crippen LogP contribution in [0.4, 0.5) is 0 Å². The zero-order chi connectivity index (χ0) is 20.9. The van der Waals surface area contributed by atoms with Crippen molar-refractivity contribution in [3.8, 4) is 28.5 Å². The van der Waals surface area contributed by atoms with Gasteiger partial charge in [0, 0.05) is 6.07 Å². The van der Waals surface area contributed by atoms with Gasteiger partial charge < -0.3 is 14.8 Å². The van der Waals surface area contributed by atoms with Crippen molar-refractivity contribution in [1.29, 1.82) is 0 Å². The predicted molar refractivity (Wildman–Crippen MR) is 123 cm³/mol. The smallest absolute Gasteiger partial charge is 0.232 e. The summed E-state index contributed by atoms with van der Waals surface area (Å²) in [6.07, 6.45) is 3.98. The van der Waals surface area contributed by atoms with Gasteiger partial charge >= 0.3 is 0 Å². The van der Waals surface area contributed by atoms with Crippen molar-refractivity contribution in [3.05, 3.63) is 79.0 Å². The van der Waals surface area contributed by atoms with Gasteiger partial charge in [-0.15, -0.1) is 0 Å². The number of benzene rings is 3. The van der Waals surface area contributed by atoms with Gasteiger partial charge in [-0.2, -0.15) is 0 Å². The molecule has 3 aromatic carbocycles. The van der Waals surface area contributed by atoms with Crippen LogP contribution in [0.3, 0.4) is 0 Å². The maximum Gasteiger partial charge on any atom is 0.232 e. The summed E-state index contributed by atoms with van der Waals surface area (Å²) in [5, 5.41) is 3.38. The highest BCUT2D eigenvalue weighted by Crippen LogP contribution is 2.28. The molecule has 4 aromatic rings. The maximum absolute atomic E-state index is 6.06. The first-order chi connectivity index (χ1) is 15.3. The van der Waals surface area contributed by atoms with Gasteiger partial charge in [-0.3, -0.25) is 0 Å². The van der Waals surface area contributed by atoms with E-state index in [0.717, 1.165) is 54.0 Å². The van der Waals surface area contributed by atoms with Crippen molar-refractivity contribution in [2.24, 2.45) is 5.92 Å². The van der Waals surface area contributed by atoms with Gasteiger partial charge in [0.25, 0.3) is 0 Å². The topological polar surface area (TPSA) is 56.3 Å². The molecular weight excluding hydrogens is 386 g/mol. The number of hydrogen-bond acceptors (Lipinski definition) is 5. The zero-order valence-corrected chi connectivity index (χ0v) is 17.3. The second-order valence-corrected chi connectivity index (χ2v) is 7.86. The van der Waals surface area contributed by atoms with E-state index in [1.54, 1.807) is 6.20 Å². The predicted octanol–water partition coefficient (Wildman–Crippen LogP) is 5.47. The number of nitrogens with zero attached hydrogens (tertiary/aromatic N) is 2. The number of ether oxygens (including phenoxy) is 2. The molecular formula is C26H25N3O2. The van der Waals surface area contributed by atoms with Crippen LogP contribution in [-0.2, 0) is 0 Å². The molecule has 5 rings (SSSR count). The van der Waals surface area contributed by atoms with Crippen LogP contribution in [0, 0.1) is 5.92 Å². The van der Waals surface area contributed by atoms with Crippen molar-refractivity contribution >= 4 is 11.0 Å². The van der Waals surface area contributed by atoms with E-state index in [2.05, 4.69) is 39.6 Å². The average molecular weight is 412 g/mol. The van der Waals surface area contributed by atoms with Crippen LogP contribution < -0.4 is 14.8 Å². The average Bonchev–Trinajstić information content (AvgIpc) is 2.84. The Bertz CT molecular complexity index is 1140. The Labute approximate surface area is 182 Å². The van der Waals surface area contributed by atoms with Gasteiger partial charge in [0.05, 0.1) is 23.8 Å². The first-order valence-corrected chi connectivity index (χ1v) is 10.8. The zero-order valence-electron chi connectivity index (χ0n) is 17.3. The minimum Gasteiger partial charge on any atom is -0.476 e. The lowest BCUT2D eigenvalue weighted by Crippen LogP contribution is -2.30. The molecule has 0 radical (unpaired) electrons. The number of piperidine rings is 1. The van der Waals surface area contributed by atoms with Crippen molar-refractivity contribution in [3.63, 3.8) is 0 Å². The highest BCUT2D eigenvalue weighted by molar-refractivity contribution is 5.76. The first kappa shape index (κ1) is 19.5. The third-order valence-electron chi connectivity index (χ3n) is 5.61. The van der Waals surface area contributed by atoms with E-state index in [0.29, 0.717) is 18.4 Å². The monoisotopic (exact) mass is 411 g/mol. The molecule has 0 aliphatic carbocycles. The molecule has 5 heteroatoms. The van der Waals surface area contributed by atoms with Crippen molar-refractivity contribution < 1.29 is 9.47 Å². The van der Waals surface area contributed by atoms with E-state index in [4.69, 9.17) is 9.47 Å². The third kappa shape index (κ3) is 4.84. The van der Waals surface area contributed by atoms with Gasteiger partial charge in [0.1, 0.15) is 11.5 Å². The van der Waals surface area contributed by atoms with E-state index in [9.17, 15) is 0 Å². The van der Waals surface area contributed by atoms with Gasteiger partial charge in [0.2, 0.25) is 5.88 Å². The summed E-state index contributed by atoms with van der Waals surface area (Å²) in [6.45, 7) is 2.81. The Morgan fingerprint density at radius 3 is 2.35 bits per heavy atom. The summed E-state index contributed by atoms with van der Waals surface area (Å²) in [5.41, 5.74) is 3.93. The lowest BCUT2D eigenvalue weighted by Gasteiger charge is -2.22. The molecule has 0 unspecified atom stereocenters. The summed E-state index contributed by atoms with van der Waals surface area (Å²) < 4.78 is 12.0. The highest BCUT2D eigenvalue weighted by atomic mass is 16.5. The summed E-state index contributed by atoms with van der Waals surface area (Å²) in [6, 6.07) is 24.2. The lowest BCUT2D eigenvalue weighted by atomic mass is 9.99. The molecule has 0 bridgehead atoms. The Balaban J connectivity index is 1.28. The largest absolute Gasteiger partial charge is 0.476 e. The fourth-order valence-electron chi connectivity index (χ4n) is 3.84. The van der Waals surface area contributed by atoms with Gasteiger partial charge in [-0.1, -0.05) is 42.5 Å². The van der Waals surface area contributed by atoms with Crippen molar-refractivity contribution in [2.75, 3.05) is 19.7 Å². The molecule has 0 spiro atoms. The quantitative estimate of drug-likeness (QED) is 0.456. The standard InChI is InChI=1S/C26H25N3O2/c1-2-4-20(5-3-1)21-6-8-22(9-7-21)31-23-10-11-24-25(16-23)29-26(17-28-24)30-18-19-12-14-27-15-13-19/h1-11,16-17,19,27H,12-15,18H2. The van der Waals surface area contributed by atoms with Crippen LogP contribution in [0.1, 0.15) is 12.8 Å². The molecule has 0 atom stereocenters. The van der Waals surface area contributed by atoms with E-state index in [1.807, 2.05) is 48.5 Å². The number of aromatic nitrogens is 2. The normalized spacial score (nSPS) is 14.5. The molecule has 1 saturated heterocycles. The second kappa shape index (κ2) is 9.14. The SMILES string of the molecule is c1ccc(-c2ccc(Oc3ccc4ncc(OCC5CCNCC5)nc4c3)cc2)cc1. The van der Waals surface area contributed by atoms with Crippen molar-refractivity contribution in [1.82, 2.24) is 15.3 Å². The van der Waals surface area contributed by atoms with Crippen LogP contribution in [0.25, 0.3) is 22.2 Å². The van der Waals surface area contributed by atoms with Gasteiger partial charge in [0.15, 0.2) is 0 Å². The second-order valence-electron chi connectivity index (χ2n) is 7.86. The molecule has 2 heterocycles. The van der Waals surface area contributed by atoms with Crippen LogP contribution >= 0.6 is 0 Å². The van der Waals surface area contributed by atoms with Crippen LogP contribution in [0.2, 0.25) is 0 Å². The molecule has 1 aliphatic rings. The van der Waals surface area contributed by atoms with E-state index in [-0.39, 0.29) is 0 Å². The third-order valence-corrected chi connectivity index (χ3v) is 5.61. The van der Waals surface area contributed by atoms with Crippen LogP contribution in [0.15, 0.2) is 79.0 Å². The molecule has 1 aliphatic heterocycles. The Morgan fingerprint density at radius 2 is 1.55 bits per heavy atom. The fourth-order valence-corrected chi connectivity index (χ4v) is 3.84. The summed E-state index contributed by atoms with van der Waals surface area (Å²) in [5.74, 6) is 2.65. The van der Waals surface area contributed by atoms with Crippen LogP contribution in [0.5, 0.6) is 17.4 Å². The number of nitrogens with one attached hydrogen (secondary N) is 1. The summed E-state index contributed by atoms with van der Waals surface area (Å²) in [4.78, 5) is 9.12. The summed E-state index contributed by atoms with van der Waals surface area (Å²) in [7, 11) is 0. The van der Waals surface area contributed by atoms with Gasteiger partial charge in [-0.25, -0.2) is 9.97 Å². The fraction of sp³-hybridized carbons (Fsp3) is 0.231. The van der Waals surface area contributed by atoms with E-state index >= 15 is 0 Å². The number of rotatable bonds is 6. The van der Waals surface area contributed by atoms with Crippen molar-refractivity contribution in [2.45, 2.75) is 12.8 Å². The molecule has 1 N–H and O–H groups in total. The molecule has 156 valence electrons. The van der Waals surface area contributed by atoms with Crippen LogP contribution in [-0.4, -0.2) is 29.7 Å². The van der Waals surface area contributed by atoms with E-state index in [1.165, 1.54) is 5.56 Å². The molecule has 0 saturated carbocycles. The lowest BCUT2D eigenvalue weighted by molar-refractivity contribution is 0.209. The molecule has 0 amide bonds. The minimum atomic E-state index is 0.565.